The maximum Gasteiger partial charge on any atom is 0.148 e. The Bertz CT molecular complexity index is 1590. The molecule has 0 spiro atoms. The average molecular weight is 358 g/mol. The maximum atomic E-state index is 5.04. The first-order valence-corrected chi connectivity index (χ1v) is 9.43. The van der Waals surface area contributed by atoms with Crippen molar-refractivity contribution >= 4 is 38.5 Å². The molecule has 130 valence electrons. The van der Waals surface area contributed by atoms with Crippen molar-refractivity contribution in [3.05, 3.63) is 84.3 Å². The minimum Gasteiger partial charge on any atom is -0.289 e. The molecule has 0 unspecified atom stereocenters. The molecule has 4 aromatic heterocycles. The maximum absolute atomic E-state index is 5.04. The molecule has 0 N–H and O–H groups in total. The van der Waals surface area contributed by atoms with Gasteiger partial charge in [-0.1, -0.05) is 30.3 Å². The Morgan fingerprint density at radius 1 is 0.821 bits per heavy atom. The van der Waals surface area contributed by atoms with Gasteiger partial charge in [0.25, 0.3) is 0 Å². The van der Waals surface area contributed by atoms with Crippen LogP contribution >= 0.6 is 0 Å². The van der Waals surface area contributed by atoms with Crippen LogP contribution in [-0.2, 0) is 6.42 Å². The van der Waals surface area contributed by atoms with Crippen LogP contribution in [0, 0.1) is 0 Å². The fraction of sp³-hybridized carbons (Fsp3) is 0.0417. The van der Waals surface area contributed by atoms with Crippen molar-refractivity contribution in [3.63, 3.8) is 0 Å². The fourth-order valence-electron chi connectivity index (χ4n) is 4.76. The molecule has 0 saturated heterocycles. The van der Waals surface area contributed by atoms with Crippen LogP contribution < -0.4 is 0 Å². The minimum absolute atomic E-state index is 0.941. The number of hydrogen-bond acceptors (Lipinski definition) is 3. The Labute approximate surface area is 160 Å². The molecule has 0 radical (unpaired) electrons. The van der Waals surface area contributed by atoms with Gasteiger partial charge in [0.05, 0.1) is 28.3 Å². The highest BCUT2D eigenvalue weighted by Gasteiger charge is 2.24. The normalized spacial score (nSPS) is 12.9. The van der Waals surface area contributed by atoms with E-state index < -0.39 is 0 Å². The van der Waals surface area contributed by atoms with E-state index in [9.17, 15) is 0 Å². The molecule has 7 rings (SSSR count). The van der Waals surface area contributed by atoms with Gasteiger partial charge >= 0.3 is 0 Å². The van der Waals surface area contributed by atoms with Crippen LogP contribution in [0.15, 0.2) is 73.2 Å². The van der Waals surface area contributed by atoms with Crippen molar-refractivity contribution in [1.82, 2.24) is 19.4 Å². The van der Waals surface area contributed by atoms with Gasteiger partial charge in [-0.2, -0.15) is 0 Å². The van der Waals surface area contributed by atoms with Crippen molar-refractivity contribution < 1.29 is 0 Å². The lowest BCUT2D eigenvalue weighted by molar-refractivity contribution is 1.25. The van der Waals surface area contributed by atoms with Gasteiger partial charge in [-0.3, -0.25) is 14.4 Å². The smallest absolute Gasteiger partial charge is 0.148 e. The van der Waals surface area contributed by atoms with Gasteiger partial charge in [-0.05, 0) is 47.4 Å². The summed E-state index contributed by atoms with van der Waals surface area (Å²) in [5.41, 5.74) is 10.5. The molecule has 0 atom stereocenters. The molecule has 4 heteroatoms. The molecule has 28 heavy (non-hydrogen) atoms. The molecule has 0 fully saturated rings. The zero-order valence-electron chi connectivity index (χ0n) is 14.9. The van der Waals surface area contributed by atoms with Crippen molar-refractivity contribution in [2.45, 2.75) is 6.42 Å². The Morgan fingerprint density at radius 3 is 2.79 bits per heavy atom. The number of pyridine rings is 3. The molecule has 6 aromatic rings. The lowest BCUT2D eigenvalue weighted by Gasteiger charge is -2.09. The number of rotatable bonds is 0. The van der Waals surface area contributed by atoms with Crippen molar-refractivity contribution in [2.24, 2.45) is 0 Å². The summed E-state index contributed by atoms with van der Waals surface area (Å²) in [4.78, 5) is 14.1. The lowest BCUT2D eigenvalue weighted by atomic mass is 10.0. The first kappa shape index (κ1) is 14.3. The molecule has 4 nitrogen and oxygen atoms in total. The number of nitrogens with zero attached hydrogens (tertiary/aromatic N) is 4. The monoisotopic (exact) mass is 358 g/mol. The van der Waals surface area contributed by atoms with Crippen LogP contribution in [0.3, 0.4) is 0 Å². The Balaban J connectivity index is 1.82. The molecule has 4 heterocycles. The highest BCUT2D eigenvalue weighted by Crippen LogP contribution is 2.42. The van der Waals surface area contributed by atoms with Crippen LogP contribution in [0.2, 0.25) is 0 Å². The first-order valence-electron chi connectivity index (χ1n) is 9.43. The second-order valence-electron chi connectivity index (χ2n) is 7.36. The predicted octanol–water partition coefficient (Wildman–Crippen LogP) is 5.16. The van der Waals surface area contributed by atoms with Gasteiger partial charge in [-0.25, -0.2) is 4.98 Å². The summed E-state index contributed by atoms with van der Waals surface area (Å²) >= 11 is 0. The van der Waals surface area contributed by atoms with Crippen molar-refractivity contribution in [3.8, 4) is 11.1 Å². The summed E-state index contributed by atoms with van der Waals surface area (Å²) in [6, 6.07) is 19.2. The van der Waals surface area contributed by atoms with E-state index in [2.05, 4.69) is 56.8 Å². The van der Waals surface area contributed by atoms with Gasteiger partial charge in [0.15, 0.2) is 0 Å². The van der Waals surface area contributed by atoms with Gasteiger partial charge in [-0.15, -0.1) is 0 Å². The minimum atomic E-state index is 0.941. The molecule has 0 amide bonds. The third-order valence-corrected chi connectivity index (χ3v) is 5.92. The van der Waals surface area contributed by atoms with Crippen LogP contribution in [0.5, 0.6) is 0 Å². The van der Waals surface area contributed by atoms with E-state index in [4.69, 9.17) is 4.98 Å². The van der Waals surface area contributed by atoms with Crippen LogP contribution in [0.25, 0.3) is 49.6 Å². The number of benzene rings is 2. The predicted molar refractivity (Wildman–Crippen MR) is 112 cm³/mol. The van der Waals surface area contributed by atoms with Crippen LogP contribution in [-0.4, -0.2) is 19.4 Å². The van der Waals surface area contributed by atoms with Crippen molar-refractivity contribution in [1.29, 1.82) is 0 Å². The topological polar surface area (TPSA) is 43.1 Å². The summed E-state index contributed by atoms with van der Waals surface area (Å²) in [5, 5.41) is 2.17. The Kier molecular flexibility index (Phi) is 2.51. The van der Waals surface area contributed by atoms with Crippen molar-refractivity contribution in [2.75, 3.05) is 0 Å². The second-order valence-corrected chi connectivity index (χ2v) is 7.36. The fourth-order valence-corrected chi connectivity index (χ4v) is 4.76. The molecular formula is C24H14N4. The van der Waals surface area contributed by atoms with Crippen LogP contribution in [0.4, 0.5) is 0 Å². The molecular weight excluding hydrogens is 344 g/mol. The number of aromatic nitrogens is 4. The zero-order chi connectivity index (χ0) is 18.2. The summed E-state index contributed by atoms with van der Waals surface area (Å²) < 4.78 is 2.28. The van der Waals surface area contributed by atoms with Crippen LogP contribution in [0.1, 0.15) is 11.1 Å². The summed E-state index contributed by atoms with van der Waals surface area (Å²) in [7, 11) is 0. The Morgan fingerprint density at radius 2 is 1.79 bits per heavy atom. The number of hydrogen-bond donors (Lipinski definition) is 0. The zero-order valence-corrected chi connectivity index (χ0v) is 14.9. The summed E-state index contributed by atoms with van der Waals surface area (Å²) in [5.74, 6) is 0. The highest BCUT2D eigenvalue weighted by molar-refractivity contribution is 6.13. The van der Waals surface area contributed by atoms with Gasteiger partial charge in [0.2, 0.25) is 0 Å². The average Bonchev–Trinajstić information content (AvgIpc) is 3.32. The lowest BCUT2D eigenvalue weighted by Crippen LogP contribution is -1.94. The van der Waals surface area contributed by atoms with E-state index in [1.165, 1.54) is 27.8 Å². The molecule has 2 aromatic carbocycles. The van der Waals surface area contributed by atoms with E-state index >= 15 is 0 Å². The summed E-state index contributed by atoms with van der Waals surface area (Å²) in [6.07, 6.45) is 6.58. The van der Waals surface area contributed by atoms with E-state index in [1.807, 2.05) is 30.7 Å². The SMILES string of the molecule is c1ccc2c(c1)Cc1ccc3nc4c5cccnc5c5ccncc5n4c3c1-2. The highest BCUT2D eigenvalue weighted by atomic mass is 15.0. The molecule has 0 saturated carbocycles. The molecule has 0 bridgehead atoms. The molecule has 1 aliphatic rings. The number of imidazole rings is 1. The van der Waals surface area contributed by atoms with E-state index in [1.54, 1.807) is 0 Å². The quantitative estimate of drug-likeness (QED) is 0.352. The van der Waals surface area contributed by atoms with Gasteiger partial charge in [0.1, 0.15) is 5.65 Å². The second kappa shape index (κ2) is 4.93. The third-order valence-electron chi connectivity index (χ3n) is 5.92. The molecule has 0 aliphatic heterocycles. The van der Waals surface area contributed by atoms with Gasteiger partial charge < -0.3 is 0 Å². The van der Waals surface area contributed by atoms with E-state index in [-0.39, 0.29) is 0 Å². The third kappa shape index (κ3) is 1.63. The van der Waals surface area contributed by atoms with Gasteiger partial charge in [0, 0.05) is 28.7 Å². The first-order chi connectivity index (χ1) is 13.9. The summed E-state index contributed by atoms with van der Waals surface area (Å²) in [6.45, 7) is 0. The van der Waals surface area contributed by atoms with E-state index in [0.29, 0.717) is 0 Å². The largest absolute Gasteiger partial charge is 0.289 e. The molecule has 1 aliphatic carbocycles. The van der Waals surface area contributed by atoms with E-state index in [0.717, 1.165) is 39.4 Å². The number of fused-ring (bicyclic) bond motifs is 12. The Hall–Kier alpha value is -3.79. The standard InChI is InChI=1S/C24H14N4/c1-2-5-16-14(4-1)12-15-7-8-19-23(21(15)16)28-20-13-25-11-9-17(20)22-18(24(28)27-19)6-3-10-26-22/h1-11,13H,12H2.